The molecule has 0 unspecified atom stereocenters. The topological polar surface area (TPSA) is 17.8 Å². The summed E-state index contributed by atoms with van der Waals surface area (Å²) in [4.78, 5) is 0. The van der Waals surface area contributed by atoms with E-state index in [2.05, 4.69) is 52.3 Å². The van der Waals surface area contributed by atoms with Gasteiger partial charge in [0.1, 0.15) is 11.2 Å². The van der Waals surface area contributed by atoms with E-state index in [1.165, 1.54) is 12.1 Å². The average molecular weight is 533 g/mol. The summed E-state index contributed by atoms with van der Waals surface area (Å²) in [7, 11) is 0. The van der Waals surface area contributed by atoms with Crippen LogP contribution in [0.15, 0.2) is 126 Å². The molecule has 0 saturated heterocycles. The SMILES string of the molecule is FC(F)(F)c1ccc(-c2nn(C(c3ccccc3)(c3ccccc3)c3ccccc3)cc2Br)cc1. The number of rotatable bonds is 5. The van der Waals surface area contributed by atoms with E-state index >= 15 is 0 Å². The lowest BCUT2D eigenvalue weighted by molar-refractivity contribution is -0.137. The lowest BCUT2D eigenvalue weighted by Gasteiger charge is -2.36. The van der Waals surface area contributed by atoms with Crippen molar-refractivity contribution in [3.8, 4) is 11.3 Å². The zero-order valence-corrected chi connectivity index (χ0v) is 20.0. The van der Waals surface area contributed by atoms with Crippen molar-refractivity contribution in [2.75, 3.05) is 0 Å². The fourth-order valence-corrected chi connectivity index (χ4v) is 4.97. The van der Waals surface area contributed by atoms with E-state index in [1.54, 1.807) is 0 Å². The molecule has 5 rings (SSSR count). The van der Waals surface area contributed by atoms with Crippen LogP contribution >= 0.6 is 15.9 Å². The van der Waals surface area contributed by atoms with Gasteiger partial charge in [-0.3, -0.25) is 4.68 Å². The highest BCUT2D eigenvalue weighted by atomic mass is 79.9. The minimum atomic E-state index is -4.39. The molecule has 0 amide bonds. The molecule has 174 valence electrons. The second kappa shape index (κ2) is 9.19. The summed E-state index contributed by atoms with van der Waals surface area (Å²) in [6, 6.07) is 35.3. The van der Waals surface area contributed by atoms with Gasteiger partial charge in [0.15, 0.2) is 0 Å². The highest BCUT2D eigenvalue weighted by Crippen LogP contribution is 2.42. The fourth-order valence-electron chi connectivity index (χ4n) is 4.47. The summed E-state index contributed by atoms with van der Waals surface area (Å²) >= 11 is 3.62. The second-order valence-electron chi connectivity index (χ2n) is 8.15. The summed E-state index contributed by atoms with van der Waals surface area (Å²) in [6.45, 7) is 0. The van der Waals surface area contributed by atoms with E-state index in [1.807, 2.05) is 65.5 Å². The number of nitrogens with zero attached hydrogens (tertiary/aromatic N) is 2. The maximum absolute atomic E-state index is 13.1. The van der Waals surface area contributed by atoms with Crippen LogP contribution in [-0.2, 0) is 11.7 Å². The first kappa shape index (κ1) is 23.1. The number of halogens is 4. The van der Waals surface area contributed by atoms with Crippen LogP contribution in [0.5, 0.6) is 0 Å². The standard InChI is InChI=1S/C29H20BrF3N2/c30-26-20-35(34-27(26)21-16-18-25(19-17-21)29(31,32)33)28(22-10-4-1-5-11-22,23-12-6-2-7-13-23)24-14-8-3-9-15-24/h1-20H. The molecule has 35 heavy (non-hydrogen) atoms. The Hall–Kier alpha value is -3.64. The van der Waals surface area contributed by atoms with Crippen LogP contribution in [0, 0.1) is 0 Å². The number of hydrogen-bond acceptors (Lipinski definition) is 1. The van der Waals surface area contributed by atoms with Gasteiger partial charge in [-0.2, -0.15) is 18.3 Å². The third-order valence-electron chi connectivity index (χ3n) is 6.07. The molecule has 0 aliphatic heterocycles. The van der Waals surface area contributed by atoms with Gasteiger partial charge < -0.3 is 0 Å². The number of hydrogen-bond donors (Lipinski definition) is 0. The van der Waals surface area contributed by atoms with Crippen molar-refractivity contribution in [1.82, 2.24) is 9.78 Å². The van der Waals surface area contributed by atoms with Gasteiger partial charge in [0.2, 0.25) is 0 Å². The zero-order valence-electron chi connectivity index (χ0n) is 18.5. The second-order valence-corrected chi connectivity index (χ2v) is 9.01. The Kier molecular flexibility index (Phi) is 6.07. The van der Waals surface area contributed by atoms with Crippen molar-refractivity contribution in [3.05, 3.63) is 148 Å². The molecule has 2 nitrogen and oxygen atoms in total. The Morgan fingerprint density at radius 3 is 1.40 bits per heavy atom. The third kappa shape index (κ3) is 4.19. The monoisotopic (exact) mass is 532 g/mol. The first-order valence-corrected chi connectivity index (χ1v) is 11.8. The Labute approximate surface area is 209 Å². The minimum absolute atomic E-state index is 0.561. The van der Waals surface area contributed by atoms with Crippen molar-refractivity contribution in [1.29, 1.82) is 0 Å². The molecule has 0 spiro atoms. The Morgan fingerprint density at radius 2 is 1.00 bits per heavy atom. The lowest BCUT2D eigenvalue weighted by Crippen LogP contribution is -2.38. The molecule has 0 N–H and O–H groups in total. The van der Waals surface area contributed by atoms with E-state index in [0.717, 1.165) is 28.8 Å². The van der Waals surface area contributed by atoms with Crippen molar-refractivity contribution >= 4 is 15.9 Å². The normalized spacial score (nSPS) is 12.0. The summed E-state index contributed by atoms with van der Waals surface area (Å²) in [5.74, 6) is 0. The van der Waals surface area contributed by atoms with Crippen LogP contribution in [0.25, 0.3) is 11.3 Å². The van der Waals surface area contributed by atoms with E-state index in [9.17, 15) is 13.2 Å². The molecule has 4 aromatic carbocycles. The van der Waals surface area contributed by atoms with Crippen molar-refractivity contribution in [2.24, 2.45) is 0 Å². The third-order valence-corrected chi connectivity index (χ3v) is 6.65. The molecule has 1 heterocycles. The molecule has 0 saturated carbocycles. The molecule has 0 aliphatic rings. The molecule has 0 atom stereocenters. The summed E-state index contributed by atoms with van der Waals surface area (Å²) in [5, 5.41) is 4.96. The molecule has 0 bridgehead atoms. The number of alkyl halides is 3. The average Bonchev–Trinajstić information content (AvgIpc) is 3.27. The van der Waals surface area contributed by atoms with Gasteiger partial charge in [-0.05, 0) is 44.8 Å². The smallest absolute Gasteiger partial charge is 0.251 e. The molecule has 0 fully saturated rings. The van der Waals surface area contributed by atoms with Gasteiger partial charge in [-0.25, -0.2) is 0 Å². The maximum atomic E-state index is 13.1. The van der Waals surface area contributed by atoms with Gasteiger partial charge in [-0.1, -0.05) is 103 Å². The predicted octanol–water partition coefficient (Wildman–Crippen LogP) is 8.17. The van der Waals surface area contributed by atoms with E-state index < -0.39 is 17.3 Å². The highest BCUT2D eigenvalue weighted by molar-refractivity contribution is 9.10. The van der Waals surface area contributed by atoms with E-state index in [0.29, 0.717) is 15.7 Å². The first-order valence-electron chi connectivity index (χ1n) is 11.0. The summed E-state index contributed by atoms with van der Waals surface area (Å²) < 4.78 is 41.9. The van der Waals surface area contributed by atoms with Crippen molar-refractivity contribution in [3.63, 3.8) is 0 Å². The van der Waals surface area contributed by atoms with E-state index in [-0.39, 0.29) is 0 Å². The predicted molar refractivity (Wildman–Crippen MR) is 135 cm³/mol. The highest BCUT2D eigenvalue weighted by Gasteiger charge is 2.40. The van der Waals surface area contributed by atoms with Crippen molar-refractivity contribution < 1.29 is 13.2 Å². The van der Waals surface area contributed by atoms with Gasteiger partial charge in [0.25, 0.3) is 0 Å². The lowest BCUT2D eigenvalue weighted by atomic mass is 9.77. The molecule has 6 heteroatoms. The van der Waals surface area contributed by atoms with Crippen LogP contribution in [-0.4, -0.2) is 9.78 Å². The molecular weight excluding hydrogens is 513 g/mol. The Morgan fingerprint density at radius 1 is 0.571 bits per heavy atom. The Balaban J connectivity index is 1.76. The van der Waals surface area contributed by atoms with Crippen LogP contribution in [0.2, 0.25) is 0 Å². The molecule has 0 aliphatic carbocycles. The van der Waals surface area contributed by atoms with Crippen molar-refractivity contribution in [2.45, 2.75) is 11.7 Å². The summed E-state index contributed by atoms with van der Waals surface area (Å²) in [5.41, 5.74) is 2.67. The van der Waals surface area contributed by atoms with Crippen LogP contribution in [0.3, 0.4) is 0 Å². The molecule has 0 radical (unpaired) electrons. The Bertz CT molecular complexity index is 1320. The van der Waals surface area contributed by atoms with Crippen LogP contribution < -0.4 is 0 Å². The first-order chi connectivity index (χ1) is 16.9. The largest absolute Gasteiger partial charge is 0.416 e. The molecular formula is C29H20BrF3N2. The quantitative estimate of drug-likeness (QED) is 0.209. The molecule has 1 aromatic heterocycles. The maximum Gasteiger partial charge on any atom is 0.416 e. The number of aromatic nitrogens is 2. The minimum Gasteiger partial charge on any atom is -0.251 e. The van der Waals surface area contributed by atoms with Gasteiger partial charge in [0.05, 0.1) is 10.0 Å². The van der Waals surface area contributed by atoms with Gasteiger partial charge in [-0.15, -0.1) is 0 Å². The molecule has 5 aromatic rings. The van der Waals surface area contributed by atoms with Gasteiger partial charge >= 0.3 is 6.18 Å². The van der Waals surface area contributed by atoms with E-state index in [4.69, 9.17) is 5.10 Å². The zero-order chi connectivity index (χ0) is 24.5. The van der Waals surface area contributed by atoms with Crippen LogP contribution in [0.4, 0.5) is 13.2 Å². The van der Waals surface area contributed by atoms with Gasteiger partial charge in [0, 0.05) is 11.8 Å². The van der Waals surface area contributed by atoms with Crippen LogP contribution in [0.1, 0.15) is 22.3 Å². The summed E-state index contributed by atoms with van der Waals surface area (Å²) in [6.07, 6.45) is -2.50. The number of benzene rings is 4. The fraction of sp³-hybridized carbons (Fsp3) is 0.0690.